The van der Waals surface area contributed by atoms with Crippen LogP contribution in [-0.2, 0) is 0 Å². The number of aromatic hydroxyl groups is 1. The van der Waals surface area contributed by atoms with E-state index in [-0.39, 0.29) is 12.2 Å². The van der Waals surface area contributed by atoms with E-state index in [1.807, 2.05) is 0 Å². The van der Waals surface area contributed by atoms with Crippen molar-refractivity contribution in [1.82, 2.24) is 8.94 Å². The average Bonchev–Trinajstić information content (AvgIpc) is 3.36. The highest BCUT2D eigenvalue weighted by Crippen LogP contribution is 2.40. The Morgan fingerprint density at radius 3 is 2.58 bits per heavy atom. The van der Waals surface area contributed by atoms with Gasteiger partial charge in [0.1, 0.15) is 16.3 Å². The second-order valence-electron chi connectivity index (χ2n) is 6.85. The van der Waals surface area contributed by atoms with Crippen LogP contribution in [0.1, 0.15) is 16.1 Å². The van der Waals surface area contributed by atoms with Gasteiger partial charge >= 0.3 is 0 Å². The van der Waals surface area contributed by atoms with E-state index in [0.29, 0.717) is 32.7 Å². The fourth-order valence-corrected chi connectivity index (χ4v) is 4.19. The molecule has 31 heavy (non-hydrogen) atoms. The van der Waals surface area contributed by atoms with Crippen molar-refractivity contribution in [2.45, 2.75) is 6.92 Å². The van der Waals surface area contributed by atoms with Gasteiger partial charge in [0.05, 0.1) is 11.2 Å². The number of aromatic nitrogens is 2. The largest absolute Gasteiger partial charge is 0.506 e. The molecule has 0 atom stereocenters. The summed E-state index contributed by atoms with van der Waals surface area (Å²) >= 11 is 7.08. The van der Waals surface area contributed by atoms with Gasteiger partial charge in [0.25, 0.3) is 11.5 Å². The number of pyridine rings is 1. The molecule has 8 nitrogen and oxygen atoms in total. The van der Waals surface area contributed by atoms with Crippen molar-refractivity contribution in [2.24, 2.45) is 0 Å². The van der Waals surface area contributed by atoms with Gasteiger partial charge < -0.3 is 19.9 Å². The van der Waals surface area contributed by atoms with E-state index in [4.69, 9.17) is 21.1 Å². The summed E-state index contributed by atoms with van der Waals surface area (Å²) in [6.45, 7) is 1.81. The molecule has 1 amide bonds. The third kappa shape index (κ3) is 3.28. The zero-order valence-corrected chi connectivity index (χ0v) is 17.6. The van der Waals surface area contributed by atoms with Crippen molar-refractivity contribution in [3.05, 3.63) is 69.1 Å². The normalized spacial score (nSPS) is 12.3. The van der Waals surface area contributed by atoms with Crippen LogP contribution in [0.3, 0.4) is 0 Å². The van der Waals surface area contributed by atoms with Crippen molar-refractivity contribution < 1.29 is 19.4 Å². The van der Waals surface area contributed by atoms with Gasteiger partial charge in [0.2, 0.25) is 6.79 Å². The molecular formula is C21H14ClN3O5S. The zero-order chi connectivity index (χ0) is 21.7. The SMILES string of the molecule is Cc1cc(NC(=O)c2c(O)c3cc4c(cc3n(-c3ccc(Cl)cc3)c2=O)OCO4)sn1. The predicted octanol–water partition coefficient (Wildman–Crippen LogP) is 4.10. The predicted molar refractivity (Wildman–Crippen MR) is 117 cm³/mol. The molecule has 1 aliphatic rings. The van der Waals surface area contributed by atoms with Crippen molar-refractivity contribution in [3.8, 4) is 22.9 Å². The number of fused-ring (bicyclic) bond motifs is 2. The van der Waals surface area contributed by atoms with Gasteiger partial charge in [-0.3, -0.25) is 14.2 Å². The summed E-state index contributed by atoms with van der Waals surface area (Å²) in [4.78, 5) is 26.4. The third-order valence-corrected chi connectivity index (χ3v) is 5.87. The van der Waals surface area contributed by atoms with Crippen molar-refractivity contribution >= 4 is 44.9 Å². The van der Waals surface area contributed by atoms with Gasteiger partial charge in [-0.15, -0.1) is 0 Å². The minimum Gasteiger partial charge on any atom is -0.506 e. The molecule has 3 heterocycles. The van der Waals surface area contributed by atoms with E-state index >= 15 is 0 Å². The molecule has 2 aromatic heterocycles. The number of hydrogen-bond donors (Lipinski definition) is 2. The molecule has 10 heteroatoms. The zero-order valence-electron chi connectivity index (χ0n) is 16.0. The number of halogens is 1. The van der Waals surface area contributed by atoms with E-state index in [0.717, 1.165) is 17.2 Å². The van der Waals surface area contributed by atoms with Crippen LogP contribution in [0.5, 0.6) is 17.2 Å². The first-order valence-electron chi connectivity index (χ1n) is 9.14. The minimum atomic E-state index is -0.742. The van der Waals surface area contributed by atoms with Gasteiger partial charge in [-0.1, -0.05) is 11.6 Å². The Kier molecular flexibility index (Phi) is 4.57. The summed E-state index contributed by atoms with van der Waals surface area (Å²) in [6.07, 6.45) is 0. The lowest BCUT2D eigenvalue weighted by Crippen LogP contribution is -2.28. The van der Waals surface area contributed by atoms with Crippen LogP contribution in [0.15, 0.2) is 47.3 Å². The standard InChI is InChI=1S/C21H14ClN3O5S/c1-10-6-17(31-24-10)23-20(27)18-19(26)13-7-15-16(30-9-29-15)8-14(13)25(21(18)28)12-4-2-11(22)3-5-12/h2-8,26H,9H2,1H3,(H,23,27). The highest BCUT2D eigenvalue weighted by atomic mass is 35.5. The van der Waals surface area contributed by atoms with Crippen LogP contribution >= 0.6 is 23.1 Å². The van der Waals surface area contributed by atoms with E-state index < -0.39 is 22.8 Å². The van der Waals surface area contributed by atoms with Crippen molar-refractivity contribution in [1.29, 1.82) is 0 Å². The van der Waals surface area contributed by atoms with Gasteiger partial charge in [-0.2, -0.15) is 4.37 Å². The smallest absolute Gasteiger partial charge is 0.272 e. The maximum absolute atomic E-state index is 13.5. The second-order valence-corrected chi connectivity index (χ2v) is 8.09. The van der Waals surface area contributed by atoms with Crippen LogP contribution in [0.25, 0.3) is 16.6 Å². The van der Waals surface area contributed by atoms with E-state index in [1.54, 1.807) is 49.4 Å². The fourth-order valence-electron chi connectivity index (χ4n) is 3.41. The van der Waals surface area contributed by atoms with Crippen LogP contribution in [0.4, 0.5) is 5.00 Å². The lowest BCUT2D eigenvalue weighted by atomic mass is 10.1. The Morgan fingerprint density at radius 1 is 1.19 bits per heavy atom. The van der Waals surface area contributed by atoms with Crippen molar-refractivity contribution in [3.63, 3.8) is 0 Å². The number of hydrogen-bond acceptors (Lipinski definition) is 7. The van der Waals surface area contributed by atoms with Gasteiger partial charge in [0, 0.05) is 22.2 Å². The molecule has 0 saturated heterocycles. The summed E-state index contributed by atoms with van der Waals surface area (Å²) in [5, 5.41) is 14.8. The number of aryl methyl sites for hydroxylation is 1. The monoisotopic (exact) mass is 455 g/mol. The number of ether oxygens (including phenoxy) is 2. The Balaban J connectivity index is 1.77. The van der Waals surface area contributed by atoms with Crippen LogP contribution < -0.4 is 20.3 Å². The number of nitrogens with zero attached hydrogens (tertiary/aromatic N) is 2. The maximum Gasteiger partial charge on any atom is 0.272 e. The van der Waals surface area contributed by atoms with Gasteiger partial charge in [0.15, 0.2) is 11.5 Å². The Morgan fingerprint density at radius 2 is 1.90 bits per heavy atom. The molecule has 0 unspecified atom stereocenters. The second kappa shape index (κ2) is 7.29. The number of nitrogens with one attached hydrogen (secondary N) is 1. The molecule has 2 N–H and O–H groups in total. The number of carbonyl (C=O) groups excluding carboxylic acids is 1. The number of anilines is 1. The molecule has 0 spiro atoms. The first kappa shape index (κ1) is 19.4. The molecule has 0 aliphatic carbocycles. The molecule has 0 radical (unpaired) electrons. The Labute approximate surface area is 184 Å². The quantitative estimate of drug-likeness (QED) is 0.482. The summed E-state index contributed by atoms with van der Waals surface area (Å²) in [5.41, 5.74) is 0.479. The number of benzene rings is 2. The molecule has 1 aliphatic heterocycles. The topological polar surface area (TPSA) is 103 Å². The Hall–Kier alpha value is -3.56. The molecule has 5 rings (SSSR count). The fraction of sp³-hybridized carbons (Fsp3) is 0.0952. The highest BCUT2D eigenvalue weighted by molar-refractivity contribution is 7.10. The van der Waals surface area contributed by atoms with E-state index in [1.165, 1.54) is 4.57 Å². The molecule has 2 aromatic carbocycles. The lowest BCUT2D eigenvalue weighted by molar-refractivity contribution is 0.102. The third-order valence-electron chi connectivity index (χ3n) is 4.82. The first-order valence-corrected chi connectivity index (χ1v) is 10.3. The molecule has 4 aromatic rings. The van der Waals surface area contributed by atoms with Crippen molar-refractivity contribution in [2.75, 3.05) is 12.1 Å². The van der Waals surface area contributed by atoms with Crippen LogP contribution in [-0.4, -0.2) is 26.7 Å². The summed E-state index contributed by atoms with van der Waals surface area (Å²) < 4.78 is 16.3. The maximum atomic E-state index is 13.5. The van der Waals surface area contributed by atoms with E-state index in [2.05, 4.69) is 9.69 Å². The minimum absolute atomic E-state index is 0.0235. The summed E-state index contributed by atoms with van der Waals surface area (Å²) in [7, 11) is 0. The number of carbonyl (C=O) groups is 1. The molecule has 0 fully saturated rings. The van der Waals surface area contributed by atoms with Gasteiger partial charge in [-0.05, 0) is 54.9 Å². The number of amides is 1. The highest BCUT2D eigenvalue weighted by Gasteiger charge is 2.26. The number of rotatable bonds is 3. The van der Waals surface area contributed by atoms with Crippen LogP contribution in [0, 0.1) is 6.92 Å². The molecule has 0 bridgehead atoms. The summed E-state index contributed by atoms with van der Waals surface area (Å²) in [6, 6.07) is 11.4. The molecule has 156 valence electrons. The van der Waals surface area contributed by atoms with Gasteiger partial charge in [-0.25, -0.2) is 0 Å². The average molecular weight is 456 g/mol. The van der Waals surface area contributed by atoms with E-state index in [9.17, 15) is 14.7 Å². The lowest BCUT2D eigenvalue weighted by Gasteiger charge is -2.15. The first-order chi connectivity index (χ1) is 14.9. The molecular weight excluding hydrogens is 442 g/mol. The molecule has 0 saturated carbocycles. The summed E-state index contributed by atoms with van der Waals surface area (Å²) in [5.74, 6) is -0.337. The van der Waals surface area contributed by atoms with Crippen LogP contribution in [0.2, 0.25) is 5.02 Å². The Bertz CT molecular complexity index is 1410.